The van der Waals surface area contributed by atoms with E-state index in [1.165, 1.54) is 5.57 Å². The first-order valence-corrected chi connectivity index (χ1v) is 11.6. The lowest BCUT2D eigenvalue weighted by Crippen LogP contribution is -2.62. The van der Waals surface area contributed by atoms with Crippen molar-refractivity contribution in [1.82, 2.24) is 0 Å². The van der Waals surface area contributed by atoms with Crippen molar-refractivity contribution >= 4 is 34.2 Å². The molecule has 5 heteroatoms. The topological polar surface area (TPSA) is 66.9 Å². The van der Waals surface area contributed by atoms with E-state index in [1.54, 1.807) is 6.08 Å². The summed E-state index contributed by atoms with van der Waals surface area (Å²) >= 11 is 2.08. The van der Waals surface area contributed by atoms with Gasteiger partial charge in [-0.1, -0.05) is 48.1 Å². The third-order valence-corrected chi connectivity index (χ3v) is 9.75. The first-order valence-electron chi connectivity index (χ1n) is 10.1. The second-order valence-corrected chi connectivity index (χ2v) is 10.6. The van der Waals surface area contributed by atoms with Gasteiger partial charge in [-0.15, -0.1) is 0 Å². The summed E-state index contributed by atoms with van der Waals surface area (Å²) in [5.74, 6) is 0.607. The summed E-state index contributed by atoms with van der Waals surface area (Å²) in [5.41, 5.74) is -1.01. The van der Waals surface area contributed by atoms with E-state index in [0.29, 0.717) is 10.3 Å². The van der Waals surface area contributed by atoms with Gasteiger partial charge in [0, 0.05) is 10.8 Å². The molecule has 0 bridgehead atoms. The number of Topliss-reactive ketones (excluding diaryl/α,β-unsaturated/α-hetero) is 1. The molecule has 8 atom stereocenters. The van der Waals surface area contributed by atoms with E-state index in [-0.39, 0.29) is 40.5 Å². The van der Waals surface area contributed by atoms with E-state index in [0.717, 1.165) is 25.7 Å². The second-order valence-electron chi connectivity index (χ2n) is 9.84. The zero-order chi connectivity index (χ0) is 19.4. The van der Waals surface area contributed by atoms with Gasteiger partial charge in [-0.3, -0.25) is 9.59 Å². The maximum atomic E-state index is 12.9. The maximum absolute atomic E-state index is 12.9. The average molecular weight is 482 g/mol. The number of halogens is 1. The molecule has 5 aliphatic rings. The number of ether oxygens (including phenoxy) is 1. The van der Waals surface area contributed by atoms with Gasteiger partial charge in [0.25, 0.3) is 0 Å². The van der Waals surface area contributed by atoms with Crippen molar-refractivity contribution in [3.63, 3.8) is 0 Å². The Labute approximate surface area is 173 Å². The summed E-state index contributed by atoms with van der Waals surface area (Å²) in [7, 11) is 0. The number of allylic oxidation sites excluding steroid dienone is 2. The van der Waals surface area contributed by atoms with Crippen molar-refractivity contribution in [2.75, 3.05) is 4.43 Å². The van der Waals surface area contributed by atoms with Gasteiger partial charge in [-0.05, 0) is 62.5 Å². The fraction of sp³-hybridized carbons (Fsp3) is 0.727. The first-order chi connectivity index (χ1) is 12.6. The molecular weight excluding hydrogens is 455 g/mol. The van der Waals surface area contributed by atoms with Gasteiger partial charge in [-0.2, -0.15) is 0 Å². The number of ketones is 2. The molecule has 1 aliphatic heterocycles. The van der Waals surface area contributed by atoms with Crippen molar-refractivity contribution in [2.45, 2.75) is 63.8 Å². The van der Waals surface area contributed by atoms with Crippen LogP contribution >= 0.6 is 22.6 Å². The van der Waals surface area contributed by atoms with Crippen LogP contribution in [0.15, 0.2) is 23.8 Å². The van der Waals surface area contributed by atoms with Crippen LogP contribution in [0.1, 0.15) is 46.5 Å². The Kier molecular flexibility index (Phi) is 3.65. The molecule has 4 nitrogen and oxygen atoms in total. The Bertz CT molecular complexity index is 817. The largest absolute Gasteiger partial charge is 0.381 e. The highest BCUT2D eigenvalue weighted by atomic mass is 127. The van der Waals surface area contributed by atoms with Crippen molar-refractivity contribution < 1.29 is 19.4 Å². The summed E-state index contributed by atoms with van der Waals surface area (Å²) < 4.78 is 6.84. The molecule has 0 radical (unpaired) electrons. The van der Waals surface area contributed by atoms with Crippen LogP contribution in [0.4, 0.5) is 0 Å². The average Bonchev–Trinajstić information content (AvgIpc) is 3.31. The summed E-state index contributed by atoms with van der Waals surface area (Å²) in [6.45, 7) is 6.39. The zero-order valence-corrected chi connectivity index (χ0v) is 18.3. The number of epoxide rings is 1. The molecule has 0 aromatic carbocycles. The van der Waals surface area contributed by atoms with Gasteiger partial charge in [0.2, 0.25) is 0 Å². The second kappa shape index (κ2) is 5.33. The molecule has 5 rings (SSSR count). The molecule has 146 valence electrons. The van der Waals surface area contributed by atoms with Crippen molar-refractivity contribution in [3.8, 4) is 0 Å². The van der Waals surface area contributed by atoms with E-state index in [4.69, 9.17) is 4.74 Å². The Hall–Kier alpha value is -0.530. The minimum atomic E-state index is -1.26. The van der Waals surface area contributed by atoms with E-state index in [9.17, 15) is 14.7 Å². The molecule has 1 unspecified atom stereocenters. The lowest BCUT2D eigenvalue weighted by atomic mass is 9.47. The summed E-state index contributed by atoms with van der Waals surface area (Å²) in [5, 5.41) is 11.7. The maximum Gasteiger partial charge on any atom is 0.178 e. The fourth-order valence-electron chi connectivity index (χ4n) is 7.68. The highest BCUT2D eigenvalue weighted by Gasteiger charge is 2.81. The quantitative estimate of drug-likeness (QED) is 0.372. The zero-order valence-electron chi connectivity index (χ0n) is 16.1. The molecule has 1 heterocycles. The Morgan fingerprint density at radius 2 is 2.11 bits per heavy atom. The highest BCUT2D eigenvalue weighted by Crippen LogP contribution is 2.76. The summed E-state index contributed by atoms with van der Waals surface area (Å²) in [6, 6.07) is 0. The number of carbonyl (C=O) groups excluding carboxylic acids is 2. The van der Waals surface area contributed by atoms with Gasteiger partial charge in [0.1, 0.15) is 11.2 Å². The number of rotatable bonds is 2. The molecule has 1 saturated heterocycles. The van der Waals surface area contributed by atoms with E-state index in [2.05, 4.69) is 42.5 Å². The fourth-order valence-corrected chi connectivity index (χ4v) is 8.26. The molecule has 0 amide bonds. The predicted octanol–water partition coefficient (Wildman–Crippen LogP) is 3.41. The molecule has 4 fully saturated rings. The molecule has 0 aromatic heterocycles. The van der Waals surface area contributed by atoms with Crippen LogP contribution in [0.3, 0.4) is 0 Å². The van der Waals surface area contributed by atoms with E-state index >= 15 is 0 Å². The van der Waals surface area contributed by atoms with Crippen LogP contribution in [0, 0.1) is 28.6 Å². The number of alkyl halides is 1. The van der Waals surface area contributed by atoms with Crippen LogP contribution in [0.25, 0.3) is 0 Å². The first kappa shape index (κ1) is 18.5. The highest BCUT2D eigenvalue weighted by molar-refractivity contribution is 14.1. The van der Waals surface area contributed by atoms with Crippen LogP contribution in [-0.2, 0) is 14.3 Å². The van der Waals surface area contributed by atoms with Crippen LogP contribution < -0.4 is 0 Å². The molecule has 3 saturated carbocycles. The third kappa shape index (κ3) is 1.88. The third-order valence-electron chi connectivity index (χ3n) is 9.06. The normalized spacial score (nSPS) is 55.1. The van der Waals surface area contributed by atoms with Gasteiger partial charge in [0.15, 0.2) is 11.6 Å². The summed E-state index contributed by atoms with van der Waals surface area (Å²) in [4.78, 5) is 24.8. The number of aliphatic hydroxyl groups is 1. The standard InChI is InChI=1S/C22H27IO4/c1-12-8-16-15-5-4-13-9-14(24)6-7-19(13,2)22(15)18(27-22)10-20(16,3)21(12,26)17(25)11-23/h6-7,9,12,15-16,18,26H,4-5,8,10-11H2,1-3H3/t12-,15?,16+,18-,19+,20+,21+,22+/m1/s1. The molecule has 0 aromatic rings. The number of hydrogen-bond acceptors (Lipinski definition) is 4. The lowest BCUT2D eigenvalue weighted by Gasteiger charge is -2.55. The Balaban J connectivity index is 1.60. The molecule has 27 heavy (non-hydrogen) atoms. The molecular formula is C22H27IO4. The Morgan fingerprint density at radius 1 is 1.37 bits per heavy atom. The Morgan fingerprint density at radius 3 is 2.81 bits per heavy atom. The van der Waals surface area contributed by atoms with E-state index in [1.807, 2.05) is 13.0 Å². The van der Waals surface area contributed by atoms with Gasteiger partial charge < -0.3 is 9.84 Å². The van der Waals surface area contributed by atoms with Crippen molar-refractivity contribution in [2.24, 2.45) is 28.6 Å². The predicted molar refractivity (Wildman–Crippen MR) is 110 cm³/mol. The monoisotopic (exact) mass is 482 g/mol. The van der Waals surface area contributed by atoms with Crippen LogP contribution in [0.5, 0.6) is 0 Å². The minimum absolute atomic E-state index is 0.0282. The molecule has 1 N–H and O–H groups in total. The van der Waals surface area contributed by atoms with Gasteiger partial charge in [-0.25, -0.2) is 0 Å². The van der Waals surface area contributed by atoms with Crippen LogP contribution in [-0.4, -0.2) is 38.4 Å². The number of carbonyl (C=O) groups is 2. The smallest absolute Gasteiger partial charge is 0.178 e. The lowest BCUT2D eigenvalue weighted by molar-refractivity contribution is -0.160. The minimum Gasteiger partial charge on any atom is -0.381 e. The summed E-state index contributed by atoms with van der Waals surface area (Å²) in [6.07, 6.45) is 9.09. The van der Waals surface area contributed by atoms with Gasteiger partial charge >= 0.3 is 0 Å². The van der Waals surface area contributed by atoms with Crippen LogP contribution in [0.2, 0.25) is 0 Å². The van der Waals surface area contributed by atoms with Gasteiger partial charge in [0.05, 0.1) is 10.5 Å². The van der Waals surface area contributed by atoms with Crippen molar-refractivity contribution in [3.05, 3.63) is 23.8 Å². The molecule has 1 spiro atoms. The molecule has 4 aliphatic carbocycles. The number of hydrogen-bond donors (Lipinski definition) is 1. The number of fused-ring (bicyclic) bond motifs is 3. The van der Waals surface area contributed by atoms with Crippen molar-refractivity contribution in [1.29, 1.82) is 0 Å². The van der Waals surface area contributed by atoms with E-state index < -0.39 is 11.0 Å². The SMILES string of the molecule is C[C@@H]1C[C@H]2C3CCC4=CC(=O)C=C[C@]4(C)[C@]34O[C@@H]4C[C@]2(C)[C@@]1(O)C(=O)CI.